The van der Waals surface area contributed by atoms with Crippen LogP contribution in [0.5, 0.6) is 0 Å². The van der Waals surface area contributed by atoms with Gasteiger partial charge in [0.15, 0.2) is 0 Å². The summed E-state index contributed by atoms with van der Waals surface area (Å²) in [7, 11) is 2.22. The molecular weight excluding hydrogens is 262 g/mol. The van der Waals surface area contributed by atoms with Crippen molar-refractivity contribution in [2.75, 3.05) is 46.3 Å². The number of carbonyl (C=O) groups is 1. The molecule has 3 aliphatic heterocycles. The summed E-state index contributed by atoms with van der Waals surface area (Å²) in [5, 5.41) is 0. The Kier molecular flexibility index (Phi) is 3.49. The molecule has 4 aliphatic rings. The molecule has 1 atom stereocenters. The number of rotatable bonds is 2. The van der Waals surface area contributed by atoms with E-state index in [1.807, 2.05) is 0 Å². The number of piperidine rings is 1. The molecule has 21 heavy (non-hydrogen) atoms. The summed E-state index contributed by atoms with van der Waals surface area (Å²) in [5.74, 6) is 0.783. The predicted octanol–water partition coefficient (Wildman–Crippen LogP) is 1.41. The van der Waals surface area contributed by atoms with E-state index >= 15 is 0 Å². The van der Waals surface area contributed by atoms with Crippen LogP contribution in [0.3, 0.4) is 0 Å². The third kappa shape index (κ3) is 2.72. The molecule has 0 N–H and O–H groups in total. The average Bonchev–Trinajstić information content (AvgIpc) is 3.18. The third-order valence-corrected chi connectivity index (χ3v) is 6.32. The maximum Gasteiger partial charge on any atom is 0.225 e. The highest BCUT2D eigenvalue weighted by Gasteiger charge is 2.45. The van der Waals surface area contributed by atoms with Gasteiger partial charge < -0.3 is 14.7 Å². The molecule has 1 aliphatic carbocycles. The maximum absolute atomic E-state index is 12.8. The Morgan fingerprint density at radius 3 is 2.29 bits per heavy atom. The van der Waals surface area contributed by atoms with Crippen LogP contribution in [0.25, 0.3) is 0 Å². The first kappa shape index (κ1) is 14.0. The van der Waals surface area contributed by atoms with E-state index in [1.54, 1.807) is 0 Å². The van der Waals surface area contributed by atoms with Crippen molar-refractivity contribution in [3.05, 3.63) is 0 Å². The first-order valence-corrected chi connectivity index (χ1v) is 8.87. The molecule has 3 saturated heterocycles. The molecule has 0 aromatic carbocycles. The fraction of sp³-hybridized carbons (Fsp3) is 0.941. The lowest BCUT2D eigenvalue weighted by molar-refractivity contribution is -0.136. The number of likely N-dealkylation sites (tertiary alicyclic amines) is 3. The highest BCUT2D eigenvalue weighted by atomic mass is 16.2. The van der Waals surface area contributed by atoms with E-state index < -0.39 is 0 Å². The third-order valence-electron chi connectivity index (χ3n) is 6.32. The zero-order valence-corrected chi connectivity index (χ0v) is 13.4. The Morgan fingerprint density at radius 1 is 0.952 bits per heavy atom. The van der Waals surface area contributed by atoms with E-state index in [0.717, 1.165) is 45.1 Å². The van der Waals surface area contributed by atoms with Gasteiger partial charge in [0.05, 0.1) is 0 Å². The number of nitrogens with zero attached hydrogens (tertiary/aromatic N) is 3. The second-order valence-electron chi connectivity index (χ2n) is 8.04. The predicted molar refractivity (Wildman–Crippen MR) is 83.1 cm³/mol. The van der Waals surface area contributed by atoms with E-state index in [0.29, 0.717) is 17.2 Å². The molecule has 0 bridgehead atoms. The van der Waals surface area contributed by atoms with Crippen molar-refractivity contribution in [2.45, 2.75) is 44.6 Å². The van der Waals surface area contributed by atoms with Crippen LogP contribution in [0.2, 0.25) is 0 Å². The molecule has 1 unspecified atom stereocenters. The van der Waals surface area contributed by atoms with E-state index in [2.05, 4.69) is 21.7 Å². The SMILES string of the molecule is CN1CCC2(CCN(C(=O)C3CCN(C4CC4)CC3)C2)C1. The molecule has 0 radical (unpaired) electrons. The van der Waals surface area contributed by atoms with E-state index in [9.17, 15) is 4.79 Å². The summed E-state index contributed by atoms with van der Waals surface area (Å²) in [4.78, 5) is 20.1. The quantitative estimate of drug-likeness (QED) is 0.770. The lowest BCUT2D eigenvalue weighted by atomic mass is 9.86. The lowest BCUT2D eigenvalue weighted by Gasteiger charge is -2.33. The van der Waals surface area contributed by atoms with Crippen molar-refractivity contribution in [1.29, 1.82) is 0 Å². The number of hydrogen-bond acceptors (Lipinski definition) is 3. The van der Waals surface area contributed by atoms with Crippen LogP contribution in [0, 0.1) is 11.3 Å². The number of carbonyl (C=O) groups excluding carboxylic acids is 1. The minimum absolute atomic E-state index is 0.314. The highest BCUT2D eigenvalue weighted by Crippen LogP contribution is 2.40. The van der Waals surface area contributed by atoms with Crippen molar-refractivity contribution in [3.8, 4) is 0 Å². The lowest BCUT2D eigenvalue weighted by Crippen LogP contribution is -2.43. The molecule has 4 rings (SSSR count). The van der Waals surface area contributed by atoms with Crippen molar-refractivity contribution in [2.24, 2.45) is 11.3 Å². The Labute approximate surface area is 128 Å². The first-order chi connectivity index (χ1) is 10.2. The molecule has 118 valence electrons. The molecule has 1 spiro atoms. The van der Waals surface area contributed by atoms with Gasteiger partial charge >= 0.3 is 0 Å². The van der Waals surface area contributed by atoms with Crippen molar-refractivity contribution < 1.29 is 4.79 Å². The van der Waals surface area contributed by atoms with Crippen LogP contribution in [0.4, 0.5) is 0 Å². The number of hydrogen-bond donors (Lipinski definition) is 0. The van der Waals surface area contributed by atoms with Crippen LogP contribution in [0.1, 0.15) is 38.5 Å². The van der Waals surface area contributed by atoms with Gasteiger partial charge in [0.25, 0.3) is 0 Å². The standard InChI is InChI=1S/C17H29N3O/c1-18-10-6-17(12-18)7-11-20(13-17)16(21)14-4-8-19(9-5-14)15-2-3-15/h14-15H,2-13H2,1H3. The van der Waals surface area contributed by atoms with Crippen molar-refractivity contribution >= 4 is 5.91 Å². The molecule has 4 nitrogen and oxygen atoms in total. The van der Waals surface area contributed by atoms with E-state index in [4.69, 9.17) is 0 Å². The summed E-state index contributed by atoms with van der Waals surface area (Å²) in [6, 6.07) is 0.866. The van der Waals surface area contributed by atoms with Crippen LogP contribution in [-0.4, -0.2) is 73.0 Å². The van der Waals surface area contributed by atoms with Crippen LogP contribution >= 0.6 is 0 Å². The molecule has 1 saturated carbocycles. The molecule has 4 fully saturated rings. The van der Waals surface area contributed by atoms with Crippen LogP contribution in [0.15, 0.2) is 0 Å². The van der Waals surface area contributed by atoms with Crippen molar-refractivity contribution in [1.82, 2.24) is 14.7 Å². The Hall–Kier alpha value is -0.610. The smallest absolute Gasteiger partial charge is 0.225 e. The van der Waals surface area contributed by atoms with E-state index in [1.165, 1.54) is 38.8 Å². The maximum atomic E-state index is 12.8. The number of amides is 1. The van der Waals surface area contributed by atoms with Gasteiger partial charge in [-0.15, -0.1) is 0 Å². The molecule has 0 aromatic heterocycles. The largest absolute Gasteiger partial charge is 0.342 e. The fourth-order valence-electron chi connectivity index (χ4n) is 4.82. The van der Waals surface area contributed by atoms with Gasteiger partial charge in [-0.05, 0) is 65.2 Å². The van der Waals surface area contributed by atoms with Gasteiger partial charge in [0.2, 0.25) is 5.91 Å². The van der Waals surface area contributed by atoms with Gasteiger partial charge in [-0.25, -0.2) is 0 Å². The normalized spacial score (nSPS) is 36.0. The molecule has 4 heteroatoms. The second-order valence-corrected chi connectivity index (χ2v) is 8.04. The summed E-state index contributed by atoms with van der Waals surface area (Å²) < 4.78 is 0. The Bertz CT molecular complexity index is 414. The monoisotopic (exact) mass is 291 g/mol. The Morgan fingerprint density at radius 2 is 1.67 bits per heavy atom. The zero-order chi connectivity index (χ0) is 14.4. The highest BCUT2D eigenvalue weighted by molar-refractivity contribution is 5.79. The van der Waals surface area contributed by atoms with Gasteiger partial charge in [0.1, 0.15) is 0 Å². The van der Waals surface area contributed by atoms with Crippen LogP contribution < -0.4 is 0 Å². The summed E-state index contributed by atoms with van der Waals surface area (Å²) in [6.07, 6.45) is 7.48. The van der Waals surface area contributed by atoms with Gasteiger partial charge in [-0.3, -0.25) is 4.79 Å². The van der Waals surface area contributed by atoms with Gasteiger partial charge in [-0.2, -0.15) is 0 Å². The second kappa shape index (κ2) is 5.24. The molecular formula is C17H29N3O. The first-order valence-electron chi connectivity index (χ1n) is 8.87. The Balaban J connectivity index is 1.31. The average molecular weight is 291 g/mol. The summed E-state index contributed by atoms with van der Waals surface area (Å²) in [5.41, 5.74) is 0.430. The minimum atomic E-state index is 0.314. The van der Waals surface area contributed by atoms with E-state index in [-0.39, 0.29) is 0 Å². The van der Waals surface area contributed by atoms with Crippen LogP contribution in [-0.2, 0) is 4.79 Å². The van der Waals surface area contributed by atoms with Gasteiger partial charge in [-0.1, -0.05) is 0 Å². The van der Waals surface area contributed by atoms with Crippen molar-refractivity contribution in [3.63, 3.8) is 0 Å². The molecule has 0 aromatic rings. The molecule has 3 heterocycles. The van der Waals surface area contributed by atoms with Gasteiger partial charge in [0, 0.05) is 37.0 Å². The zero-order valence-electron chi connectivity index (χ0n) is 13.4. The summed E-state index contributed by atoms with van der Waals surface area (Å²) in [6.45, 7) is 6.75. The molecule has 1 amide bonds. The minimum Gasteiger partial charge on any atom is -0.342 e. The summed E-state index contributed by atoms with van der Waals surface area (Å²) >= 11 is 0. The topological polar surface area (TPSA) is 26.8 Å². The fourth-order valence-corrected chi connectivity index (χ4v) is 4.82.